The maximum atomic E-state index is 13.5. The van der Waals surface area contributed by atoms with Crippen LogP contribution in [0.3, 0.4) is 0 Å². The van der Waals surface area contributed by atoms with Gasteiger partial charge in [-0.2, -0.15) is 8.42 Å². The van der Waals surface area contributed by atoms with Gasteiger partial charge in [-0.05, 0) is 43.4 Å². The first kappa shape index (κ1) is 28.8. The number of methoxy groups -OCH3 is 1. The largest absolute Gasteiger partial charge is 0.458 e. The molecule has 7 fully saturated rings. The van der Waals surface area contributed by atoms with Gasteiger partial charge in [0, 0.05) is 37.8 Å². The Kier molecular flexibility index (Phi) is 5.89. The number of nitrogens with zero attached hydrogens (tertiary/aromatic N) is 1. The number of aliphatic hydroxyl groups is 2. The molecule has 5 aliphatic carbocycles. The van der Waals surface area contributed by atoms with E-state index in [2.05, 4.69) is 18.7 Å². The summed E-state index contributed by atoms with van der Waals surface area (Å²) in [6, 6.07) is 8.14. The van der Waals surface area contributed by atoms with Crippen molar-refractivity contribution in [2.75, 3.05) is 33.2 Å². The average molecular weight is 620 g/mol. The number of hydrogen-bond acceptors (Lipinski definition) is 11. The molecule has 0 radical (unpaired) electrons. The predicted molar refractivity (Wildman–Crippen MR) is 150 cm³/mol. The van der Waals surface area contributed by atoms with Crippen LogP contribution in [0.25, 0.3) is 0 Å². The minimum absolute atomic E-state index is 0.110. The number of ether oxygens (including phenoxy) is 4. The molecule has 3 spiro atoms. The second-order valence-corrected chi connectivity index (χ2v) is 16.0. The number of fused-ring (bicyclic) bond motifs is 1. The van der Waals surface area contributed by atoms with Crippen molar-refractivity contribution >= 4 is 16.1 Å². The molecule has 7 aliphatic rings. The van der Waals surface area contributed by atoms with Gasteiger partial charge in [-0.25, -0.2) is 4.79 Å². The quantitative estimate of drug-likeness (QED) is 0.352. The topological polar surface area (TPSA) is 141 Å². The smallest absolute Gasteiger partial charge is 0.338 e. The van der Waals surface area contributed by atoms with Gasteiger partial charge in [0.05, 0.1) is 47.2 Å². The summed E-state index contributed by atoms with van der Waals surface area (Å²) in [4.78, 5) is 15.8. The Hall–Kier alpha value is -1.64. The Morgan fingerprint density at radius 3 is 2.58 bits per heavy atom. The van der Waals surface area contributed by atoms with Gasteiger partial charge in [0.25, 0.3) is 10.1 Å². The fraction of sp³-hybridized carbons (Fsp3) is 0.774. The third-order valence-electron chi connectivity index (χ3n) is 12.9. The van der Waals surface area contributed by atoms with Crippen LogP contribution < -0.4 is 0 Å². The lowest BCUT2D eigenvalue weighted by Crippen LogP contribution is -2.85. The van der Waals surface area contributed by atoms with Crippen LogP contribution in [0, 0.1) is 28.6 Å². The fourth-order valence-electron chi connectivity index (χ4n) is 12.1. The fourth-order valence-corrected chi connectivity index (χ4v) is 12.8. The van der Waals surface area contributed by atoms with Crippen LogP contribution in [0.5, 0.6) is 0 Å². The normalized spacial score (nSPS) is 52.6. The molecule has 2 saturated heterocycles. The summed E-state index contributed by atoms with van der Waals surface area (Å²) >= 11 is 0. The Labute approximate surface area is 251 Å². The molecule has 0 amide bonds. The summed E-state index contributed by atoms with van der Waals surface area (Å²) in [6.45, 7) is 5.48. The molecule has 43 heavy (non-hydrogen) atoms. The highest BCUT2D eigenvalue weighted by Gasteiger charge is 2.97. The lowest BCUT2D eigenvalue weighted by Gasteiger charge is -2.71. The van der Waals surface area contributed by atoms with Crippen molar-refractivity contribution in [3.05, 3.63) is 35.9 Å². The van der Waals surface area contributed by atoms with Crippen LogP contribution in [-0.2, 0) is 33.2 Å². The van der Waals surface area contributed by atoms with E-state index in [1.807, 2.05) is 0 Å². The van der Waals surface area contributed by atoms with E-state index in [4.69, 9.17) is 23.1 Å². The van der Waals surface area contributed by atoms with Crippen LogP contribution in [0.15, 0.2) is 30.3 Å². The molecule has 5 saturated carbocycles. The number of likely N-dealkylation sites (N-methyl/N-ethyl adjacent to an activating group) is 1. The van der Waals surface area contributed by atoms with Crippen molar-refractivity contribution in [1.29, 1.82) is 0 Å². The molecule has 1 aromatic carbocycles. The van der Waals surface area contributed by atoms with Crippen LogP contribution in [0.2, 0.25) is 0 Å². The number of rotatable bonds is 6. The zero-order chi connectivity index (χ0) is 30.4. The minimum Gasteiger partial charge on any atom is -0.458 e. The summed E-state index contributed by atoms with van der Waals surface area (Å²) in [5.41, 5.74) is -5.34. The summed E-state index contributed by atoms with van der Waals surface area (Å²) in [7, 11) is -2.36. The van der Waals surface area contributed by atoms with E-state index in [1.165, 1.54) is 0 Å². The molecular weight excluding hydrogens is 578 g/mol. The number of likely N-dealkylation sites (tertiary alicyclic amines) is 1. The van der Waals surface area contributed by atoms with Crippen LogP contribution in [0.4, 0.5) is 0 Å². The monoisotopic (exact) mass is 619 g/mol. The lowest BCUT2D eigenvalue weighted by atomic mass is 9.41. The van der Waals surface area contributed by atoms with E-state index >= 15 is 0 Å². The molecule has 13 atom stereocenters. The highest BCUT2D eigenvalue weighted by Crippen LogP contribution is 2.83. The molecule has 0 aromatic heterocycles. The molecule has 8 rings (SSSR count). The third-order valence-corrected chi connectivity index (χ3v) is 13.5. The standard InChI is InChI=1S/C31H41NO10S/c1-5-32-15-27(2)12-11-20(38-3)30-23(27)24(33)31(26(30)32)29(39-16-40-31)14-19(41-25(34)17-9-7-6-8-10-17)18-13-28(30,35)22(29)21(18)42-43(4,36)37/h6-10,18-24,26,33,35H,5,11-16H2,1-4H3/t18-,19+,20+,21+,22+,23-,24+,26+,27+,28+,29-,30-,31+/m1/s1. The Balaban J connectivity index is 1.38. The Morgan fingerprint density at radius 2 is 1.91 bits per heavy atom. The van der Waals surface area contributed by atoms with Crippen molar-refractivity contribution in [2.24, 2.45) is 28.6 Å². The highest BCUT2D eigenvalue weighted by molar-refractivity contribution is 7.86. The first-order valence-corrected chi connectivity index (χ1v) is 17.3. The van der Waals surface area contributed by atoms with E-state index in [-0.39, 0.29) is 25.0 Å². The Morgan fingerprint density at radius 1 is 1.16 bits per heavy atom. The van der Waals surface area contributed by atoms with Crippen LogP contribution >= 0.6 is 0 Å². The first-order chi connectivity index (χ1) is 20.3. The predicted octanol–water partition coefficient (Wildman–Crippen LogP) is 1.32. The second-order valence-electron chi connectivity index (χ2n) is 14.4. The molecule has 1 aromatic rings. The average Bonchev–Trinajstić information content (AvgIpc) is 3.50. The maximum Gasteiger partial charge on any atom is 0.338 e. The van der Waals surface area contributed by atoms with Gasteiger partial charge >= 0.3 is 5.97 Å². The molecule has 11 nitrogen and oxygen atoms in total. The second kappa shape index (κ2) is 8.79. The number of benzene rings is 1. The summed E-state index contributed by atoms with van der Waals surface area (Å²) in [5.74, 6) is -2.47. The highest BCUT2D eigenvalue weighted by atomic mass is 32.2. The molecule has 236 valence electrons. The molecule has 7 bridgehead atoms. The molecular formula is C31H41NO10S. The number of carbonyl (C=O) groups is 1. The summed E-state index contributed by atoms with van der Waals surface area (Å²) < 4.78 is 57.4. The zero-order valence-electron chi connectivity index (χ0n) is 25.0. The van der Waals surface area contributed by atoms with E-state index in [1.54, 1.807) is 37.4 Å². The van der Waals surface area contributed by atoms with Crippen molar-refractivity contribution in [3.63, 3.8) is 0 Å². The molecule has 12 heteroatoms. The number of carbonyl (C=O) groups excluding carboxylic acids is 1. The zero-order valence-corrected chi connectivity index (χ0v) is 25.8. The molecule has 0 unspecified atom stereocenters. The maximum absolute atomic E-state index is 13.5. The number of hydrogen-bond donors (Lipinski definition) is 2. The summed E-state index contributed by atoms with van der Waals surface area (Å²) in [5, 5.41) is 26.2. The number of esters is 1. The molecule has 2 aliphatic heterocycles. The van der Waals surface area contributed by atoms with E-state index in [0.29, 0.717) is 18.5 Å². The van der Waals surface area contributed by atoms with Crippen molar-refractivity contribution in [3.8, 4) is 0 Å². The van der Waals surface area contributed by atoms with Gasteiger partial charge in [-0.3, -0.25) is 9.08 Å². The number of aliphatic hydroxyl groups excluding tert-OH is 1. The van der Waals surface area contributed by atoms with Crippen molar-refractivity contribution < 1.29 is 46.6 Å². The van der Waals surface area contributed by atoms with E-state index in [0.717, 1.165) is 19.2 Å². The van der Waals surface area contributed by atoms with Crippen LogP contribution in [-0.4, -0.2) is 110 Å². The minimum atomic E-state index is -4.01. The van der Waals surface area contributed by atoms with E-state index in [9.17, 15) is 23.4 Å². The van der Waals surface area contributed by atoms with Gasteiger partial charge < -0.3 is 29.2 Å². The van der Waals surface area contributed by atoms with Gasteiger partial charge in [-0.15, -0.1) is 0 Å². The van der Waals surface area contributed by atoms with Crippen molar-refractivity contribution in [2.45, 2.75) is 86.8 Å². The van der Waals surface area contributed by atoms with Gasteiger partial charge in [-0.1, -0.05) is 32.0 Å². The third kappa shape index (κ3) is 3.10. The first-order valence-electron chi connectivity index (χ1n) is 15.4. The summed E-state index contributed by atoms with van der Waals surface area (Å²) in [6.07, 6.45) is -0.691. The van der Waals surface area contributed by atoms with Gasteiger partial charge in [0.15, 0.2) is 0 Å². The number of piperidine rings is 1. The lowest BCUT2D eigenvalue weighted by molar-refractivity contribution is -0.329. The SMILES string of the molecule is CCN1C[C@]2(C)CC[C@H](OC)[C@]34[C@@H]2[C@H](O)[C@]2(OCO[C@@]25C[C@H](OC(=O)c2ccccc2)[C@H]2C[C@]3(O)[C@@H]5[C@H]2OS(C)(=O)=O)[C@@H]14. The van der Waals surface area contributed by atoms with Crippen LogP contribution in [0.1, 0.15) is 49.9 Å². The van der Waals surface area contributed by atoms with Crippen molar-refractivity contribution in [1.82, 2.24) is 4.90 Å². The Bertz CT molecular complexity index is 1460. The van der Waals surface area contributed by atoms with E-state index < -0.39 is 86.5 Å². The molecule has 2 heterocycles. The molecule has 2 N–H and O–H groups in total. The van der Waals surface area contributed by atoms with Gasteiger partial charge in [0.1, 0.15) is 24.1 Å². The van der Waals surface area contributed by atoms with Gasteiger partial charge in [0.2, 0.25) is 0 Å².